The molecule has 0 bridgehead atoms. The Kier molecular flexibility index (Phi) is 6.14. The molecule has 0 aliphatic carbocycles. The smallest absolute Gasteiger partial charge is 0.328 e. The number of carbonyl (C=O) groups excluding carboxylic acids is 1. The monoisotopic (exact) mass is 344 g/mol. The van der Waals surface area contributed by atoms with E-state index in [-0.39, 0.29) is 4.91 Å². The molecule has 0 radical (unpaired) electrons. The number of carbonyl (C=O) groups is 1. The number of allylic oxidation sites excluding steroid dienone is 1. The van der Waals surface area contributed by atoms with Crippen molar-refractivity contribution >= 4 is 22.1 Å². The molecule has 5 nitrogen and oxygen atoms in total. The summed E-state index contributed by atoms with van der Waals surface area (Å²) in [7, 11) is -3.85. The van der Waals surface area contributed by atoms with Crippen LogP contribution in [0.2, 0.25) is 0 Å². The van der Waals surface area contributed by atoms with Crippen LogP contribution in [0.5, 0.6) is 0 Å². The molecule has 24 heavy (non-hydrogen) atoms. The van der Waals surface area contributed by atoms with Gasteiger partial charge in [0, 0.05) is 6.54 Å². The molecule has 0 saturated heterocycles. The highest BCUT2D eigenvalue weighted by Gasteiger charge is 2.16. The summed E-state index contributed by atoms with van der Waals surface area (Å²) >= 11 is 0. The number of hydrogen-bond donors (Lipinski definition) is 2. The number of benzene rings is 2. The lowest BCUT2D eigenvalue weighted by Gasteiger charge is -2.09. The molecule has 126 valence electrons. The Morgan fingerprint density at radius 3 is 2.21 bits per heavy atom. The van der Waals surface area contributed by atoms with Crippen molar-refractivity contribution in [1.82, 2.24) is 10.0 Å². The summed E-state index contributed by atoms with van der Waals surface area (Å²) in [5, 5.41) is 2.55. The van der Waals surface area contributed by atoms with E-state index in [1.54, 1.807) is 12.1 Å². The first-order chi connectivity index (χ1) is 11.5. The van der Waals surface area contributed by atoms with E-state index in [0.717, 1.165) is 11.1 Å². The highest BCUT2D eigenvalue weighted by atomic mass is 32.2. The van der Waals surface area contributed by atoms with Gasteiger partial charge < -0.3 is 5.32 Å². The van der Waals surface area contributed by atoms with Crippen molar-refractivity contribution in [3.05, 3.63) is 76.7 Å². The fraction of sp³-hybridized carbons (Fsp3) is 0.167. The third-order valence-electron chi connectivity index (χ3n) is 3.36. The predicted molar refractivity (Wildman–Crippen MR) is 95.7 cm³/mol. The van der Waals surface area contributed by atoms with Crippen LogP contribution in [0.3, 0.4) is 0 Å². The Bertz CT molecular complexity index is 801. The van der Waals surface area contributed by atoms with Gasteiger partial charge in [-0.25, -0.2) is 17.9 Å². The molecule has 0 spiro atoms. The Morgan fingerprint density at radius 2 is 1.58 bits per heavy atom. The third kappa shape index (κ3) is 5.55. The van der Waals surface area contributed by atoms with Gasteiger partial charge in [0.15, 0.2) is 0 Å². The molecule has 2 amide bonds. The molecule has 2 aromatic carbocycles. The fourth-order valence-electron chi connectivity index (χ4n) is 2.07. The van der Waals surface area contributed by atoms with Crippen LogP contribution < -0.4 is 10.0 Å². The molecule has 6 heteroatoms. The summed E-state index contributed by atoms with van der Waals surface area (Å²) < 4.78 is 26.3. The highest BCUT2D eigenvalue weighted by Crippen LogP contribution is 2.10. The minimum atomic E-state index is -3.85. The van der Waals surface area contributed by atoms with Gasteiger partial charge in [0.1, 0.15) is 0 Å². The average molecular weight is 344 g/mol. The van der Waals surface area contributed by atoms with Gasteiger partial charge >= 0.3 is 6.03 Å². The number of sulfonamides is 1. The minimum absolute atomic E-state index is 0.0758. The van der Waals surface area contributed by atoms with E-state index in [1.807, 2.05) is 53.3 Å². The van der Waals surface area contributed by atoms with Crippen molar-refractivity contribution in [3.8, 4) is 0 Å². The minimum Gasteiger partial charge on any atom is -0.337 e. The predicted octanol–water partition coefficient (Wildman–Crippen LogP) is 2.92. The van der Waals surface area contributed by atoms with E-state index in [4.69, 9.17) is 0 Å². The molecule has 0 atom stereocenters. The molecule has 0 aromatic heterocycles. The van der Waals surface area contributed by atoms with Gasteiger partial charge in [-0.15, -0.1) is 0 Å². The lowest BCUT2D eigenvalue weighted by molar-refractivity contribution is 0.246. The largest absolute Gasteiger partial charge is 0.337 e. The summed E-state index contributed by atoms with van der Waals surface area (Å²) in [6.45, 7) is 1.80. The first-order valence-electron chi connectivity index (χ1n) is 7.55. The number of hydrogen-bond acceptors (Lipinski definition) is 3. The maximum Gasteiger partial charge on any atom is 0.328 e. The second-order valence-corrected chi connectivity index (χ2v) is 7.12. The lowest BCUT2D eigenvalue weighted by Crippen LogP contribution is -2.40. The molecule has 0 aliphatic rings. The molecular formula is C18H20N2O3S. The summed E-state index contributed by atoms with van der Waals surface area (Å²) in [6.07, 6.45) is 2.15. The molecule has 0 fully saturated rings. The van der Waals surface area contributed by atoms with E-state index in [9.17, 15) is 13.2 Å². The number of amides is 2. The van der Waals surface area contributed by atoms with Gasteiger partial charge in [-0.2, -0.15) is 0 Å². The van der Waals surface area contributed by atoms with Crippen LogP contribution in [0.25, 0.3) is 6.08 Å². The maximum absolute atomic E-state index is 12.1. The zero-order valence-electron chi connectivity index (χ0n) is 13.4. The first-order valence-corrected chi connectivity index (χ1v) is 9.03. The Morgan fingerprint density at radius 1 is 1.00 bits per heavy atom. The van der Waals surface area contributed by atoms with Crippen LogP contribution in [-0.4, -0.2) is 21.0 Å². The summed E-state index contributed by atoms with van der Waals surface area (Å²) in [4.78, 5) is 11.9. The SMILES string of the molecule is C/C(=C\c1ccccc1)S(=O)(=O)NC(=O)NCCc1ccccc1. The third-order valence-corrected chi connectivity index (χ3v) is 4.78. The van der Waals surface area contributed by atoms with E-state index < -0.39 is 16.1 Å². The van der Waals surface area contributed by atoms with Gasteiger partial charge in [-0.05, 0) is 30.5 Å². The maximum atomic E-state index is 12.1. The second kappa shape index (κ2) is 8.31. The number of rotatable bonds is 6. The number of urea groups is 1. The Hall–Kier alpha value is -2.60. The molecule has 2 rings (SSSR count). The van der Waals surface area contributed by atoms with Gasteiger partial charge in [0.2, 0.25) is 0 Å². The fourth-order valence-corrected chi connectivity index (χ4v) is 2.83. The summed E-state index contributed by atoms with van der Waals surface area (Å²) in [5.41, 5.74) is 1.82. The molecule has 0 unspecified atom stereocenters. The van der Waals surface area contributed by atoms with Gasteiger partial charge in [-0.1, -0.05) is 60.7 Å². The van der Waals surface area contributed by atoms with Crippen molar-refractivity contribution in [1.29, 1.82) is 0 Å². The van der Waals surface area contributed by atoms with E-state index in [2.05, 4.69) is 5.32 Å². The van der Waals surface area contributed by atoms with Crippen LogP contribution in [0.15, 0.2) is 65.6 Å². The summed E-state index contributed by atoms with van der Waals surface area (Å²) in [6, 6.07) is 18.0. The zero-order valence-corrected chi connectivity index (χ0v) is 14.2. The topological polar surface area (TPSA) is 75.3 Å². The van der Waals surface area contributed by atoms with Crippen LogP contribution >= 0.6 is 0 Å². The standard InChI is InChI=1S/C18H20N2O3S/c1-15(14-17-10-6-3-7-11-17)24(22,23)20-18(21)19-13-12-16-8-4-2-5-9-16/h2-11,14H,12-13H2,1H3,(H2,19,20,21)/b15-14+. The van der Waals surface area contributed by atoms with Crippen molar-refractivity contribution < 1.29 is 13.2 Å². The normalized spacial score (nSPS) is 11.8. The molecule has 0 saturated carbocycles. The average Bonchev–Trinajstić information content (AvgIpc) is 2.56. The Balaban J connectivity index is 1.88. The number of nitrogens with one attached hydrogen (secondary N) is 2. The van der Waals surface area contributed by atoms with E-state index in [0.29, 0.717) is 13.0 Å². The Labute approximate surface area is 142 Å². The van der Waals surface area contributed by atoms with Gasteiger partial charge in [-0.3, -0.25) is 0 Å². The van der Waals surface area contributed by atoms with Crippen molar-refractivity contribution in [2.45, 2.75) is 13.3 Å². The molecule has 2 aromatic rings. The van der Waals surface area contributed by atoms with Crippen molar-refractivity contribution in [3.63, 3.8) is 0 Å². The van der Waals surface area contributed by atoms with Crippen LogP contribution in [-0.2, 0) is 16.4 Å². The highest BCUT2D eigenvalue weighted by molar-refractivity contribution is 7.94. The van der Waals surface area contributed by atoms with Crippen LogP contribution in [0.1, 0.15) is 18.1 Å². The van der Waals surface area contributed by atoms with Gasteiger partial charge in [0.05, 0.1) is 4.91 Å². The van der Waals surface area contributed by atoms with Crippen LogP contribution in [0, 0.1) is 0 Å². The second-order valence-electron chi connectivity index (χ2n) is 5.26. The van der Waals surface area contributed by atoms with Crippen molar-refractivity contribution in [2.75, 3.05) is 6.54 Å². The lowest BCUT2D eigenvalue weighted by atomic mass is 10.1. The molecule has 2 N–H and O–H groups in total. The van der Waals surface area contributed by atoms with Crippen molar-refractivity contribution in [2.24, 2.45) is 0 Å². The molecule has 0 aliphatic heterocycles. The molecule has 0 heterocycles. The van der Waals surface area contributed by atoms with Gasteiger partial charge in [0.25, 0.3) is 10.0 Å². The quantitative estimate of drug-likeness (QED) is 0.846. The van der Waals surface area contributed by atoms with E-state index in [1.165, 1.54) is 13.0 Å². The summed E-state index contributed by atoms with van der Waals surface area (Å²) in [5.74, 6) is 0. The van der Waals surface area contributed by atoms with Crippen LogP contribution in [0.4, 0.5) is 4.79 Å². The first kappa shape index (κ1) is 17.7. The van der Waals surface area contributed by atoms with E-state index >= 15 is 0 Å². The zero-order chi connectivity index (χ0) is 17.4. The molecular weight excluding hydrogens is 324 g/mol.